The Morgan fingerprint density at radius 3 is 2.03 bits per heavy atom. The van der Waals surface area contributed by atoms with Crippen LogP contribution >= 0.6 is 11.6 Å². The van der Waals surface area contributed by atoms with Gasteiger partial charge < -0.3 is 5.11 Å². The maximum absolute atomic E-state index is 13.1. The quantitative estimate of drug-likeness (QED) is 0.415. The third-order valence-electron chi connectivity index (χ3n) is 5.14. The van der Waals surface area contributed by atoms with Crippen molar-refractivity contribution in [1.82, 2.24) is 4.90 Å². The minimum absolute atomic E-state index is 0.0775. The van der Waals surface area contributed by atoms with E-state index in [-0.39, 0.29) is 36.2 Å². The number of aliphatic hydroxyl groups excluding tert-OH is 1. The Kier molecular flexibility index (Phi) is 8.63. The molecule has 0 unspecified atom stereocenters. The second-order valence-corrected chi connectivity index (χ2v) is 10.1. The molecular formula is C25H27ClN2O4S. The maximum Gasteiger partial charge on any atom is 0.232 e. The zero-order chi connectivity index (χ0) is 23.8. The summed E-state index contributed by atoms with van der Waals surface area (Å²) in [6.07, 6.45) is 1.11. The van der Waals surface area contributed by atoms with Crippen LogP contribution in [-0.2, 0) is 23.1 Å². The maximum atomic E-state index is 13.1. The van der Waals surface area contributed by atoms with E-state index in [1.807, 2.05) is 65.6 Å². The molecule has 0 aliphatic rings. The molecule has 3 aromatic rings. The number of aliphatic hydroxyl groups is 1. The number of hydrogen-bond acceptors (Lipinski definition) is 5. The number of rotatable bonds is 11. The molecule has 8 heteroatoms. The van der Waals surface area contributed by atoms with Crippen LogP contribution in [0.4, 0.5) is 5.69 Å². The largest absolute Gasteiger partial charge is 0.395 e. The van der Waals surface area contributed by atoms with Crippen LogP contribution in [0.1, 0.15) is 21.5 Å². The summed E-state index contributed by atoms with van der Waals surface area (Å²) in [5, 5.41) is 9.68. The van der Waals surface area contributed by atoms with Crippen LogP contribution in [0.5, 0.6) is 0 Å². The van der Waals surface area contributed by atoms with E-state index < -0.39 is 10.0 Å². The molecule has 0 amide bonds. The smallest absolute Gasteiger partial charge is 0.232 e. The summed E-state index contributed by atoms with van der Waals surface area (Å²) < 4.78 is 26.4. The van der Waals surface area contributed by atoms with Crippen molar-refractivity contribution in [1.29, 1.82) is 0 Å². The van der Waals surface area contributed by atoms with Gasteiger partial charge in [-0.2, -0.15) is 0 Å². The van der Waals surface area contributed by atoms with Crippen LogP contribution < -0.4 is 4.31 Å². The van der Waals surface area contributed by atoms with Gasteiger partial charge in [-0.1, -0.05) is 72.3 Å². The normalized spacial score (nSPS) is 11.5. The lowest BCUT2D eigenvalue weighted by Crippen LogP contribution is -2.32. The topological polar surface area (TPSA) is 77.9 Å². The number of halogens is 1. The molecule has 6 nitrogen and oxygen atoms in total. The molecule has 33 heavy (non-hydrogen) atoms. The van der Waals surface area contributed by atoms with Crippen LogP contribution in [0.25, 0.3) is 0 Å². The van der Waals surface area contributed by atoms with Gasteiger partial charge in [-0.3, -0.25) is 14.0 Å². The number of anilines is 1. The summed E-state index contributed by atoms with van der Waals surface area (Å²) in [6, 6.07) is 23.5. The third-order valence-corrected chi connectivity index (χ3v) is 6.58. The Morgan fingerprint density at radius 1 is 0.909 bits per heavy atom. The summed E-state index contributed by atoms with van der Waals surface area (Å²) in [4.78, 5) is 14.9. The minimum Gasteiger partial charge on any atom is -0.395 e. The fourth-order valence-electron chi connectivity index (χ4n) is 3.50. The Balaban J connectivity index is 1.85. The van der Waals surface area contributed by atoms with Gasteiger partial charge in [0.25, 0.3) is 0 Å². The lowest BCUT2D eigenvalue weighted by atomic mass is 10.1. The Labute approximate surface area is 200 Å². The van der Waals surface area contributed by atoms with E-state index in [0.717, 1.165) is 17.4 Å². The highest BCUT2D eigenvalue weighted by molar-refractivity contribution is 7.92. The summed E-state index contributed by atoms with van der Waals surface area (Å²) >= 11 is 6.37. The molecular weight excluding hydrogens is 460 g/mol. The average molecular weight is 487 g/mol. The van der Waals surface area contributed by atoms with Gasteiger partial charge in [0.2, 0.25) is 10.0 Å². The van der Waals surface area contributed by atoms with Crippen molar-refractivity contribution < 1.29 is 18.3 Å². The van der Waals surface area contributed by atoms with Crippen molar-refractivity contribution in [2.75, 3.05) is 30.3 Å². The number of hydrogen-bond donors (Lipinski definition) is 1. The molecule has 0 aromatic heterocycles. The molecule has 0 spiro atoms. The molecule has 0 saturated carbocycles. The molecule has 3 aromatic carbocycles. The highest BCUT2D eigenvalue weighted by atomic mass is 35.5. The lowest BCUT2D eigenvalue weighted by molar-refractivity contribution is 0.0908. The molecule has 0 heterocycles. The molecule has 0 radical (unpaired) electrons. The number of sulfonamides is 1. The zero-order valence-electron chi connectivity index (χ0n) is 18.4. The van der Waals surface area contributed by atoms with E-state index in [4.69, 9.17) is 11.6 Å². The highest BCUT2D eigenvalue weighted by Gasteiger charge is 2.22. The SMILES string of the molecule is CS(=O)(=O)N(Cc1ccccc1)c1cc(C(=O)CN(CCO)Cc2ccccc2)ccc1Cl. The van der Waals surface area contributed by atoms with Gasteiger partial charge in [0.1, 0.15) is 0 Å². The first-order valence-corrected chi connectivity index (χ1v) is 12.7. The monoisotopic (exact) mass is 486 g/mol. The van der Waals surface area contributed by atoms with Gasteiger partial charge in [-0.15, -0.1) is 0 Å². The zero-order valence-corrected chi connectivity index (χ0v) is 20.0. The molecule has 3 rings (SSSR count). The van der Waals surface area contributed by atoms with Crippen LogP contribution in [0.3, 0.4) is 0 Å². The van der Waals surface area contributed by atoms with Crippen molar-refractivity contribution in [3.8, 4) is 0 Å². The summed E-state index contributed by atoms with van der Waals surface area (Å²) in [7, 11) is -3.66. The number of benzene rings is 3. The standard InChI is InChI=1S/C25H27ClN2O4S/c1-33(31,32)28(18-21-10-6-3-7-11-21)24-16-22(12-13-23(24)26)25(30)19-27(14-15-29)17-20-8-4-2-5-9-20/h2-13,16,29H,14-15,17-19H2,1H3. The predicted molar refractivity (Wildman–Crippen MR) is 132 cm³/mol. The number of Topliss-reactive ketones (excluding diaryl/α,β-unsaturated/α-hetero) is 1. The molecule has 0 saturated heterocycles. The van der Waals surface area contributed by atoms with Gasteiger partial charge in [-0.05, 0) is 29.3 Å². The fourth-order valence-corrected chi connectivity index (χ4v) is 4.66. The molecule has 0 fully saturated rings. The van der Waals surface area contributed by atoms with Gasteiger partial charge in [-0.25, -0.2) is 8.42 Å². The number of carbonyl (C=O) groups is 1. The average Bonchev–Trinajstić information content (AvgIpc) is 2.79. The molecule has 0 aliphatic carbocycles. The third kappa shape index (κ3) is 7.14. The second-order valence-electron chi connectivity index (χ2n) is 7.76. The number of carbonyl (C=O) groups excluding carboxylic acids is 1. The minimum atomic E-state index is -3.66. The number of ketones is 1. The van der Waals surface area contributed by atoms with E-state index in [0.29, 0.717) is 18.7 Å². The van der Waals surface area contributed by atoms with Crippen LogP contribution in [0, 0.1) is 0 Å². The van der Waals surface area contributed by atoms with Gasteiger partial charge in [0.15, 0.2) is 5.78 Å². The van der Waals surface area contributed by atoms with E-state index >= 15 is 0 Å². The molecule has 1 N–H and O–H groups in total. The lowest BCUT2D eigenvalue weighted by Gasteiger charge is -2.25. The summed E-state index contributed by atoms with van der Waals surface area (Å²) in [5.41, 5.74) is 2.44. The predicted octanol–water partition coefficient (Wildman–Crippen LogP) is 3.98. The molecule has 174 valence electrons. The first-order valence-electron chi connectivity index (χ1n) is 10.5. The summed E-state index contributed by atoms with van der Waals surface area (Å²) in [6.45, 7) is 0.947. The van der Waals surface area contributed by atoms with Gasteiger partial charge >= 0.3 is 0 Å². The Morgan fingerprint density at radius 2 is 1.48 bits per heavy atom. The second kappa shape index (κ2) is 11.4. The van der Waals surface area contributed by atoms with E-state index in [1.54, 1.807) is 12.1 Å². The van der Waals surface area contributed by atoms with Crippen molar-refractivity contribution in [3.05, 3.63) is 101 Å². The Bertz CT molecular complexity index is 1170. The van der Waals surface area contributed by atoms with E-state index in [1.165, 1.54) is 10.4 Å². The van der Waals surface area contributed by atoms with Crippen LogP contribution in [0.15, 0.2) is 78.9 Å². The van der Waals surface area contributed by atoms with Gasteiger partial charge in [0, 0.05) is 18.7 Å². The molecule has 0 bridgehead atoms. The molecule has 0 aliphatic heterocycles. The van der Waals surface area contributed by atoms with E-state index in [2.05, 4.69) is 0 Å². The summed E-state index contributed by atoms with van der Waals surface area (Å²) in [5.74, 6) is -0.189. The first kappa shape index (κ1) is 24.9. The number of nitrogens with zero attached hydrogens (tertiary/aromatic N) is 2. The highest BCUT2D eigenvalue weighted by Crippen LogP contribution is 2.30. The van der Waals surface area contributed by atoms with Crippen LogP contribution in [0.2, 0.25) is 5.02 Å². The first-order chi connectivity index (χ1) is 15.8. The van der Waals surface area contributed by atoms with E-state index in [9.17, 15) is 18.3 Å². The van der Waals surface area contributed by atoms with Crippen molar-refractivity contribution >= 4 is 33.1 Å². The fraction of sp³-hybridized carbons (Fsp3) is 0.240. The van der Waals surface area contributed by atoms with Crippen molar-refractivity contribution in [3.63, 3.8) is 0 Å². The molecule has 0 atom stereocenters. The Hall–Kier alpha value is -2.71. The van der Waals surface area contributed by atoms with Crippen molar-refractivity contribution in [2.24, 2.45) is 0 Å². The van der Waals surface area contributed by atoms with Crippen LogP contribution in [-0.4, -0.2) is 50.2 Å². The van der Waals surface area contributed by atoms with Gasteiger partial charge in [0.05, 0.1) is 36.7 Å². The van der Waals surface area contributed by atoms with Crippen molar-refractivity contribution in [2.45, 2.75) is 13.1 Å².